The number of fused-ring (bicyclic) bond motifs is 1. The number of β-lactam (4-membered cyclic amide) rings is 1. The van der Waals surface area contributed by atoms with Crippen LogP contribution in [0.3, 0.4) is 0 Å². The van der Waals surface area contributed by atoms with Crippen LogP contribution in [0.15, 0.2) is 11.3 Å². The summed E-state index contributed by atoms with van der Waals surface area (Å²) in [6, 6.07) is -0.520. The van der Waals surface area contributed by atoms with Crippen LogP contribution in [0.5, 0.6) is 0 Å². The largest absolute Gasteiger partial charge is 0.614 e. The Kier molecular flexibility index (Phi) is 5.70. The molecule has 1 saturated heterocycles. The van der Waals surface area contributed by atoms with Crippen LogP contribution >= 0.6 is 15.9 Å². The Morgan fingerprint density at radius 2 is 2.29 bits per heavy atom. The molecule has 6 nitrogen and oxygen atoms in total. The van der Waals surface area contributed by atoms with Crippen LogP contribution in [-0.4, -0.2) is 55.5 Å². The van der Waals surface area contributed by atoms with E-state index in [-0.39, 0.29) is 17.4 Å². The lowest BCUT2D eigenvalue weighted by Crippen LogP contribution is -2.74. The predicted octanol–water partition coefficient (Wildman–Crippen LogP) is 0.799. The van der Waals surface area contributed by atoms with E-state index in [2.05, 4.69) is 28.2 Å². The molecule has 1 amide bonds. The first kappa shape index (κ1) is 16.8. The van der Waals surface area contributed by atoms with Gasteiger partial charge in [-0.15, -0.1) is 0 Å². The number of carboxylic acids is 1. The van der Waals surface area contributed by atoms with E-state index in [0.29, 0.717) is 17.4 Å². The quantitative estimate of drug-likeness (QED) is 0.295. The first-order valence-electron chi connectivity index (χ1n) is 6.97. The van der Waals surface area contributed by atoms with Gasteiger partial charge in [0.2, 0.25) is 5.37 Å². The molecule has 8 heteroatoms. The van der Waals surface area contributed by atoms with Gasteiger partial charge in [-0.3, -0.25) is 15.0 Å². The number of nitrogens with one attached hydrogen (secondary N) is 1. The Morgan fingerprint density at radius 1 is 1.57 bits per heavy atom. The molecule has 2 N–H and O–H groups in total. The zero-order valence-corrected chi connectivity index (χ0v) is 14.2. The van der Waals surface area contributed by atoms with E-state index < -0.39 is 28.6 Å². The van der Waals surface area contributed by atoms with Crippen molar-refractivity contribution < 1.29 is 19.2 Å². The highest BCUT2D eigenvalue weighted by molar-refractivity contribution is 9.09. The van der Waals surface area contributed by atoms with E-state index in [1.165, 1.54) is 4.90 Å². The summed E-state index contributed by atoms with van der Waals surface area (Å²) in [5.41, 5.74) is 0.503. The van der Waals surface area contributed by atoms with Gasteiger partial charge in [0.1, 0.15) is 11.4 Å². The third-order valence-corrected chi connectivity index (χ3v) is 6.04. The van der Waals surface area contributed by atoms with E-state index in [1.807, 2.05) is 0 Å². The lowest BCUT2D eigenvalue weighted by molar-refractivity contribution is -0.149. The number of amides is 1. The molecule has 0 saturated carbocycles. The summed E-state index contributed by atoms with van der Waals surface area (Å²) in [4.78, 5) is 24.8. The van der Waals surface area contributed by atoms with Crippen molar-refractivity contribution in [2.75, 3.05) is 17.6 Å². The van der Waals surface area contributed by atoms with Gasteiger partial charge in [0.15, 0.2) is 6.04 Å². The summed E-state index contributed by atoms with van der Waals surface area (Å²) in [5, 5.41) is 12.2. The number of nitrogens with zero attached hydrogens (tertiary/aromatic N) is 1. The van der Waals surface area contributed by atoms with E-state index in [4.69, 9.17) is 0 Å². The number of rotatable bonds is 7. The van der Waals surface area contributed by atoms with Gasteiger partial charge in [-0.2, -0.15) is 0 Å². The molecule has 1 fully saturated rings. The third-order valence-electron chi connectivity index (χ3n) is 3.71. The predicted molar refractivity (Wildman–Crippen MR) is 83.4 cm³/mol. The number of carbonyl (C=O) groups is 2. The fourth-order valence-electron chi connectivity index (χ4n) is 2.64. The SMILES string of the molecule is CCCCCNC1C(=O)N2C(C(=O)O)=C(CBr)C[S+]([O-])[C@H]12. The zero-order chi connectivity index (χ0) is 15.6. The molecule has 0 aliphatic carbocycles. The van der Waals surface area contributed by atoms with Gasteiger partial charge < -0.3 is 9.66 Å². The summed E-state index contributed by atoms with van der Waals surface area (Å²) in [7, 11) is 0. The van der Waals surface area contributed by atoms with E-state index in [0.717, 1.165) is 19.3 Å². The summed E-state index contributed by atoms with van der Waals surface area (Å²) < 4.78 is 12.3. The van der Waals surface area contributed by atoms with Gasteiger partial charge in [0.25, 0.3) is 5.91 Å². The summed E-state index contributed by atoms with van der Waals surface area (Å²) in [6.45, 7) is 2.78. The Hall–Kier alpha value is -0.570. The summed E-state index contributed by atoms with van der Waals surface area (Å²) in [5.74, 6) is -1.22. The standard InChI is InChI=1S/C13H19BrN2O4S/c1-2-3-4-5-15-9-11(17)16-10(13(18)19)8(6-14)7-21(20)12(9)16/h9,12,15H,2-7H2,1H3,(H,18,19)/t9?,12-,21?/m1/s1. The lowest BCUT2D eigenvalue weighted by atomic mass is 10.0. The number of carbonyl (C=O) groups excluding carboxylic acids is 1. The maximum atomic E-state index is 12.3. The molecule has 2 unspecified atom stereocenters. The van der Waals surface area contributed by atoms with Crippen LogP contribution in [-0.2, 0) is 20.8 Å². The molecular formula is C13H19BrN2O4S. The Balaban J connectivity index is 2.10. The molecule has 0 spiro atoms. The maximum absolute atomic E-state index is 12.3. The number of alkyl halides is 1. The minimum Gasteiger partial charge on any atom is -0.614 e. The number of halogens is 1. The second kappa shape index (κ2) is 7.13. The van der Waals surface area contributed by atoms with Gasteiger partial charge >= 0.3 is 5.97 Å². The second-order valence-corrected chi connectivity index (χ2v) is 7.25. The fourth-order valence-corrected chi connectivity index (χ4v) is 5.08. The van der Waals surface area contributed by atoms with Crippen molar-refractivity contribution in [3.8, 4) is 0 Å². The number of aliphatic carboxylic acids is 1. The van der Waals surface area contributed by atoms with Crippen LogP contribution in [0, 0.1) is 0 Å². The molecule has 0 bridgehead atoms. The second-order valence-electron chi connectivity index (χ2n) is 5.15. The molecule has 118 valence electrons. The molecule has 2 rings (SSSR count). The molecule has 0 aromatic heterocycles. The molecule has 2 aliphatic heterocycles. The van der Waals surface area contributed by atoms with E-state index in [1.54, 1.807) is 0 Å². The first-order chi connectivity index (χ1) is 10.0. The summed E-state index contributed by atoms with van der Waals surface area (Å²) in [6.07, 6.45) is 3.11. The minimum atomic E-state index is -1.26. The van der Waals surface area contributed by atoms with Crippen LogP contribution in [0.1, 0.15) is 26.2 Å². The van der Waals surface area contributed by atoms with Crippen molar-refractivity contribution in [3.05, 3.63) is 11.3 Å². The minimum absolute atomic E-state index is 0.00640. The fraction of sp³-hybridized carbons (Fsp3) is 0.692. The van der Waals surface area contributed by atoms with Crippen molar-refractivity contribution in [1.82, 2.24) is 10.2 Å². The van der Waals surface area contributed by atoms with E-state index in [9.17, 15) is 19.2 Å². The highest BCUT2D eigenvalue weighted by Gasteiger charge is 2.59. The van der Waals surface area contributed by atoms with Crippen molar-refractivity contribution in [2.24, 2.45) is 0 Å². The molecule has 0 aromatic rings. The van der Waals surface area contributed by atoms with Crippen LogP contribution in [0.4, 0.5) is 0 Å². The highest BCUT2D eigenvalue weighted by Crippen LogP contribution is 2.37. The number of hydrogen-bond acceptors (Lipinski definition) is 4. The maximum Gasteiger partial charge on any atom is 0.352 e. The number of carboxylic acid groups (broad SMARTS) is 1. The lowest BCUT2D eigenvalue weighted by Gasteiger charge is -2.49. The molecule has 3 atom stereocenters. The van der Waals surface area contributed by atoms with Crippen molar-refractivity contribution in [1.29, 1.82) is 0 Å². The van der Waals surface area contributed by atoms with Gasteiger partial charge in [-0.25, -0.2) is 4.79 Å². The zero-order valence-electron chi connectivity index (χ0n) is 11.8. The normalized spacial score (nSPS) is 28.4. The Labute approximate surface area is 135 Å². The average molecular weight is 379 g/mol. The Bertz CT molecular complexity index is 471. The molecule has 0 aromatic carbocycles. The van der Waals surface area contributed by atoms with Crippen molar-refractivity contribution in [3.63, 3.8) is 0 Å². The Morgan fingerprint density at radius 3 is 2.86 bits per heavy atom. The van der Waals surface area contributed by atoms with Crippen LogP contribution in [0.25, 0.3) is 0 Å². The number of unbranched alkanes of at least 4 members (excludes halogenated alkanes) is 2. The molecule has 21 heavy (non-hydrogen) atoms. The van der Waals surface area contributed by atoms with Crippen molar-refractivity contribution >= 4 is 39.0 Å². The van der Waals surface area contributed by atoms with Gasteiger partial charge in [0, 0.05) is 10.9 Å². The molecule has 0 radical (unpaired) electrons. The topological polar surface area (TPSA) is 92.7 Å². The monoisotopic (exact) mass is 378 g/mol. The molecular weight excluding hydrogens is 360 g/mol. The highest BCUT2D eigenvalue weighted by atomic mass is 79.9. The van der Waals surface area contributed by atoms with Gasteiger partial charge in [-0.1, -0.05) is 35.7 Å². The molecule has 2 aliphatic rings. The van der Waals surface area contributed by atoms with Gasteiger partial charge in [0.05, 0.1) is 0 Å². The van der Waals surface area contributed by atoms with Crippen LogP contribution < -0.4 is 5.32 Å². The van der Waals surface area contributed by atoms with Crippen molar-refractivity contribution in [2.45, 2.75) is 37.6 Å². The number of hydrogen-bond donors (Lipinski definition) is 2. The van der Waals surface area contributed by atoms with Crippen LogP contribution in [0.2, 0.25) is 0 Å². The summed E-state index contributed by atoms with van der Waals surface area (Å²) >= 11 is 1.94. The first-order valence-corrected chi connectivity index (χ1v) is 9.48. The molecule has 2 heterocycles. The smallest absolute Gasteiger partial charge is 0.352 e. The van der Waals surface area contributed by atoms with Gasteiger partial charge in [-0.05, 0) is 24.1 Å². The third kappa shape index (κ3) is 3.13. The van der Waals surface area contributed by atoms with E-state index >= 15 is 0 Å². The average Bonchev–Trinajstić information content (AvgIpc) is 2.45.